The van der Waals surface area contributed by atoms with E-state index in [0.29, 0.717) is 52.6 Å². The maximum atomic E-state index is 12.6. The molecule has 1 aromatic carbocycles. The van der Waals surface area contributed by atoms with Crippen LogP contribution in [0.2, 0.25) is 0 Å². The van der Waals surface area contributed by atoms with E-state index in [4.69, 9.17) is 9.47 Å². The van der Waals surface area contributed by atoms with Crippen LogP contribution in [0.1, 0.15) is 20.7 Å². The molecule has 0 saturated carbocycles. The summed E-state index contributed by atoms with van der Waals surface area (Å²) >= 11 is 0. The van der Waals surface area contributed by atoms with Gasteiger partial charge in [0.25, 0.3) is 17.5 Å². The van der Waals surface area contributed by atoms with E-state index in [1.807, 2.05) is 0 Å². The van der Waals surface area contributed by atoms with Gasteiger partial charge >= 0.3 is 0 Å². The number of hydrogen-bond acceptors (Lipinski definition) is 6. The van der Waals surface area contributed by atoms with Gasteiger partial charge in [-0.1, -0.05) is 0 Å². The van der Waals surface area contributed by atoms with Crippen LogP contribution in [0.5, 0.6) is 0 Å². The van der Waals surface area contributed by atoms with Crippen molar-refractivity contribution >= 4 is 17.5 Å². The zero-order valence-corrected chi connectivity index (χ0v) is 13.7. The number of morpholine rings is 2. The molecule has 1 aromatic rings. The minimum Gasteiger partial charge on any atom is -0.378 e. The first-order valence-electron chi connectivity index (χ1n) is 8.10. The lowest BCUT2D eigenvalue weighted by atomic mass is 10.1. The number of carbonyl (C=O) groups excluding carboxylic acids is 2. The van der Waals surface area contributed by atoms with Crippen molar-refractivity contribution in [2.75, 3.05) is 52.6 Å². The van der Waals surface area contributed by atoms with Gasteiger partial charge in [-0.3, -0.25) is 19.7 Å². The summed E-state index contributed by atoms with van der Waals surface area (Å²) in [6.07, 6.45) is 0. The van der Waals surface area contributed by atoms with E-state index in [9.17, 15) is 19.7 Å². The van der Waals surface area contributed by atoms with E-state index >= 15 is 0 Å². The molecule has 0 aromatic heterocycles. The average molecular weight is 349 g/mol. The van der Waals surface area contributed by atoms with Gasteiger partial charge in [0.1, 0.15) is 0 Å². The molecule has 9 nitrogen and oxygen atoms in total. The fourth-order valence-corrected chi connectivity index (χ4v) is 2.86. The van der Waals surface area contributed by atoms with Gasteiger partial charge in [-0.05, 0) is 6.07 Å². The van der Waals surface area contributed by atoms with Crippen molar-refractivity contribution in [2.24, 2.45) is 0 Å². The Labute approximate surface area is 144 Å². The molecular weight excluding hydrogens is 330 g/mol. The van der Waals surface area contributed by atoms with Crippen LogP contribution in [0.15, 0.2) is 18.2 Å². The number of benzene rings is 1. The van der Waals surface area contributed by atoms with Crippen LogP contribution in [0.25, 0.3) is 0 Å². The van der Waals surface area contributed by atoms with Gasteiger partial charge in [0, 0.05) is 49.4 Å². The fourth-order valence-electron chi connectivity index (χ4n) is 2.86. The van der Waals surface area contributed by atoms with E-state index in [2.05, 4.69) is 0 Å². The van der Waals surface area contributed by atoms with Crippen LogP contribution in [-0.4, -0.2) is 79.1 Å². The van der Waals surface area contributed by atoms with Crippen LogP contribution in [-0.2, 0) is 9.47 Å². The summed E-state index contributed by atoms with van der Waals surface area (Å²) in [6, 6.07) is 3.87. The number of nitrogens with zero attached hydrogens (tertiary/aromatic N) is 3. The number of carbonyl (C=O) groups is 2. The topological polar surface area (TPSA) is 102 Å². The molecule has 25 heavy (non-hydrogen) atoms. The summed E-state index contributed by atoms with van der Waals surface area (Å²) < 4.78 is 10.4. The van der Waals surface area contributed by atoms with Gasteiger partial charge in [0.15, 0.2) is 0 Å². The lowest BCUT2D eigenvalue weighted by Crippen LogP contribution is -2.41. The Bertz CT molecular complexity index is 632. The van der Waals surface area contributed by atoms with Crippen molar-refractivity contribution in [3.05, 3.63) is 39.4 Å². The molecule has 0 atom stereocenters. The summed E-state index contributed by atoms with van der Waals surface area (Å²) in [4.78, 5) is 39.0. The molecule has 2 heterocycles. The highest BCUT2D eigenvalue weighted by atomic mass is 16.6. The van der Waals surface area contributed by atoms with Gasteiger partial charge in [0.2, 0.25) is 0 Å². The molecule has 0 aliphatic carbocycles. The van der Waals surface area contributed by atoms with E-state index in [1.54, 1.807) is 9.80 Å². The summed E-state index contributed by atoms with van der Waals surface area (Å²) in [5.41, 5.74) is 0.0242. The lowest BCUT2D eigenvalue weighted by molar-refractivity contribution is -0.384. The lowest BCUT2D eigenvalue weighted by Gasteiger charge is -2.28. The van der Waals surface area contributed by atoms with E-state index in [0.717, 1.165) is 0 Å². The minimum absolute atomic E-state index is 0.146. The summed E-state index contributed by atoms with van der Waals surface area (Å²) in [7, 11) is 0. The predicted molar refractivity (Wildman–Crippen MR) is 86.5 cm³/mol. The molecule has 2 aliphatic rings. The Kier molecular flexibility index (Phi) is 5.25. The van der Waals surface area contributed by atoms with Gasteiger partial charge in [-0.25, -0.2) is 0 Å². The van der Waals surface area contributed by atoms with Crippen molar-refractivity contribution in [3.63, 3.8) is 0 Å². The third-order valence-electron chi connectivity index (χ3n) is 4.22. The van der Waals surface area contributed by atoms with Crippen LogP contribution < -0.4 is 0 Å². The van der Waals surface area contributed by atoms with Crippen molar-refractivity contribution < 1.29 is 24.0 Å². The van der Waals surface area contributed by atoms with Crippen molar-refractivity contribution in [1.82, 2.24) is 9.80 Å². The molecular formula is C16H19N3O6. The monoisotopic (exact) mass is 349 g/mol. The molecule has 0 spiro atoms. The molecule has 9 heteroatoms. The van der Waals surface area contributed by atoms with E-state index < -0.39 is 4.92 Å². The smallest absolute Gasteiger partial charge is 0.271 e. The Balaban J connectivity index is 1.89. The average Bonchev–Trinajstić information content (AvgIpc) is 2.67. The minimum atomic E-state index is -0.591. The maximum absolute atomic E-state index is 12.6. The Morgan fingerprint density at radius 3 is 1.60 bits per heavy atom. The molecule has 0 bridgehead atoms. The van der Waals surface area contributed by atoms with Gasteiger partial charge in [-0.15, -0.1) is 0 Å². The fraction of sp³-hybridized carbons (Fsp3) is 0.500. The summed E-state index contributed by atoms with van der Waals surface area (Å²) in [5, 5.41) is 11.2. The number of ether oxygens (including phenoxy) is 2. The summed E-state index contributed by atoms with van der Waals surface area (Å²) in [6.45, 7) is 3.42. The zero-order valence-electron chi connectivity index (χ0n) is 13.7. The number of amides is 2. The normalized spacial score (nSPS) is 18.1. The Morgan fingerprint density at radius 1 is 0.840 bits per heavy atom. The van der Waals surface area contributed by atoms with Crippen molar-refractivity contribution in [1.29, 1.82) is 0 Å². The molecule has 134 valence electrons. The third-order valence-corrected chi connectivity index (χ3v) is 4.22. The largest absolute Gasteiger partial charge is 0.378 e. The number of nitro benzene ring substituents is 1. The van der Waals surface area contributed by atoms with Crippen LogP contribution in [0.4, 0.5) is 5.69 Å². The second kappa shape index (κ2) is 7.58. The molecule has 0 unspecified atom stereocenters. The van der Waals surface area contributed by atoms with E-state index in [1.165, 1.54) is 18.2 Å². The maximum Gasteiger partial charge on any atom is 0.271 e. The molecule has 2 fully saturated rings. The first kappa shape index (κ1) is 17.3. The van der Waals surface area contributed by atoms with Gasteiger partial charge in [0.05, 0.1) is 31.4 Å². The standard InChI is InChI=1S/C16H19N3O6/c20-15(17-1-5-24-6-2-17)12-9-13(11-14(10-12)19(22)23)16(21)18-3-7-25-8-4-18/h9-11H,1-8H2. The molecule has 0 N–H and O–H groups in total. The SMILES string of the molecule is O=C(c1cc(C(=O)N2CCOCC2)cc([N+](=O)[O-])c1)N1CCOCC1. The number of hydrogen-bond donors (Lipinski definition) is 0. The molecule has 2 amide bonds. The summed E-state index contributed by atoms with van der Waals surface area (Å²) in [5.74, 6) is -0.661. The number of nitro groups is 1. The van der Waals surface area contributed by atoms with Crippen LogP contribution in [0, 0.1) is 10.1 Å². The Hall–Kier alpha value is -2.52. The quantitative estimate of drug-likeness (QED) is 0.583. The van der Waals surface area contributed by atoms with E-state index in [-0.39, 0.29) is 28.6 Å². The molecule has 2 saturated heterocycles. The van der Waals surface area contributed by atoms with Gasteiger partial charge < -0.3 is 19.3 Å². The molecule has 0 radical (unpaired) electrons. The zero-order chi connectivity index (χ0) is 17.8. The predicted octanol–water partition coefficient (Wildman–Crippen LogP) is 0.540. The van der Waals surface area contributed by atoms with Crippen LogP contribution >= 0.6 is 0 Å². The van der Waals surface area contributed by atoms with Crippen molar-refractivity contribution in [3.8, 4) is 0 Å². The molecule has 2 aliphatic heterocycles. The first-order chi connectivity index (χ1) is 12.1. The highest BCUT2D eigenvalue weighted by molar-refractivity contribution is 6.00. The highest BCUT2D eigenvalue weighted by Gasteiger charge is 2.25. The molecule has 3 rings (SSSR count). The third kappa shape index (κ3) is 3.94. The number of non-ortho nitro benzene ring substituents is 1. The number of rotatable bonds is 3. The first-order valence-corrected chi connectivity index (χ1v) is 8.10. The highest BCUT2D eigenvalue weighted by Crippen LogP contribution is 2.21. The van der Waals surface area contributed by atoms with Crippen molar-refractivity contribution in [2.45, 2.75) is 0 Å². The second-order valence-electron chi connectivity index (χ2n) is 5.83. The van der Waals surface area contributed by atoms with Crippen LogP contribution in [0.3, 0.4) is 0 Å². The second-order valence-corrected chi connectivity index (χ2v) is 5.83. The Morgan fingerprint density at radius 2 is 1.24 bits per heavy atom. The van der Waals surface area contributed by atoms with Gasteiger partial charge in [-0.2, -0.15) is 0 Å².